The van der Waals surface area contributed by atoms with Crippen LogP contribution in [-0.4, -0.2) is 39.4 Å². The zero-order chi connectivity index (χ0) is 19.2. The molecule has 0 radical (unpaired) electrons. The normalized spacial score (nSPS) is 21.7. The zero-order valence-corrected chi connectivity index (χ0v) is 16.4. The Kier molecular flexibility index (Phi) is 6.26. The summed E-state index contributed by atoms with van der Waals surface area (Å²) in [4.78, 5) is 16.1. The van der Waals surface area contributed by atoms with Crippen LogP contribution in [-0.2, 0) is 21.5 Å². The topological polar surface area (TPSA) is 69.0 Å². The highest BCUT2D eigenvalue weighted by Gasteiger charge is 2.41. The molecule has 0 saturated carbocycles. The highest BCUT2D eigenvalue weighted by Crippen LogP contribution is 2.43. The molecule has 0 unspecified atom stereocenters. The third-order valence-electron chi connectivity index (χ3n) is 5.41. The number of aryl methyl sites for hydroxylation is 1. The van der Waals surface area contributed by atoms with Gasteiger partial charge < -0.3 is 10.1 Å². The van der Waals surface area contributed by atoms with Crippen molar-refractivity contribution in [1.82, 2.24) is 20.1 Å². The van der Waals surface area contributed by atoms with Crippen LogP contribution in [0.4, 0.5) is 0 Å². The summed E-state index contributed by atoms with van der Waals surface area (Å²) in [7, 11) is 0. The summed E-state index contributed by atoms with van der Waals surface area (Å²) in [5.41, 5.74) is 1.26. The van der Waals surface area contributed by atoms with Crippen molar-refractivity contribution in [3.05, 3.63) is 48.5 Å². The second-order valence-corrected chi connectivity index (χ2v) is 8.04. The summed E-state index contributed by atoms with van der Waals surface area (Å²) in [6.07, 6.45) is 7.34. The first kappa shape index (κ1) is 19.5. The maximum Gasteiger partial charge on any atom is 0.220 e. The minimum absolute atomic E-state index is 0.0526. The van der Waals surface area contributed by atoms with E-state index in [1.54, 1.807) is 11.0 Å². The van der Waals surface area contributed by atoms with Crippen LogP contribution in [0.2, 0.25) is 0 Å². The lowest BCUT2D eigenvalue weighted by molar-refractivity contribution is -0.121. The van der Waals surface area contributed by atoms with Crippen molar-refractivity contribution >= 4 is 5.91 Å². The first-order valence-electron chi connectivity index (χ1n) is 9.78. The Morgan fingerprint density at radius 3 is 2.81 bits per heavy atom. The molecule has 6 heteroatoms. The molecule has 1 fully saturated rings. The van der Waals surface area contributed by atoms with Gasteiger partial charge in [0.1, 0.15) is 12.7 Å². The molecular formula is C21H30N4O2. The maximum absolute atomic E-state index is 12.2. The predicted molar refractivity (Wildman–Crippen MR) is 104 cm³/mol. The number of benzene rings is 1. The van der Waals surface area contributed by atoms with Gasteiger partial charge in [-0.2, -0.15) is 5.10 Å². The van der Waals surface area contributed by atoms with Gasteiger partial charge in [-0.1, -0.05) is 30.3 Å². The standard InChI is InChI=1S/C21H30N4O2/c1-20(2)15-21(11-14-27-20,18-7-4-3-5-8-18)10-12-23-19(26)9-6-13-25-17-22-16-24-25/h3-5,7-8,16-17H,6,9-15H2,1-2H3,(H,23,26)/t21-/m0/s1. The maximum atomic E-state index is 12.2. The van der Waals surface area contributed by atoms with E-state index in [1.165, 1.54) is 11.9 Å². The van der Waals surface area contributed by atoms with E-state index in [0.717, 1.165) is 32.3 Å². The molecule has 1 aliphatic rings. The van der Waals surface area contributed by atoms with Gasteiger partial charge in [-0.25, -0.2) is 4.98 Å². The Morgan fingerprint density at radius 1 is 1.30 bits per heavy atom. The van der Waals surface area contributed by atoms with Crippen LogP contribution in [0, 0.1) is 0 Å². The molecular weight excluding hydrogens is 340 g/mol. The molecule has 6 nitrogen and oxygen atoms in total. The molecule has 0 spiro atoms. The number of hydrogen-bond acceptors (Lipinski definition) is 4. The molecule has 0 bridgehead atoms. The molecule has 27 heavy (non-hydrogen) atoms. The van der Waals surface area contributed by atoms with Crippen molar-refractivity contribution in [2.75, 3.05) is 13.2 Å². The van der Waals surface area contributed by atoms with Crippen molar-refractivity contribution in [2.45, 2.75) is 63.5 Å². The van der Waals surface area contributed by atoms with Gasteiger partial charge in [0.05, 0.1) is 5.60 Å². The SMILES string of the molecule is CC1(C)C[C@@](CCNC(=O)CCCn2cncn2)(c2ccccc2)CCO1. The van der Waals surface area contributed by atoms with Crippen LogP contribution >= 0.6 is 0 Å². The van der Waals surface area contributed by atoms with Gasteiger partial charge in [0.2, 0.25) is 5.91 Å². The van der Waals surface area contributed by atoms with E-state index in [2.05, 4.69) is 59.6 Å². The monoisotopic (exact) mass is 370 g/mol. The van der Waals surface area contributed by atoms with Gasteiger partial charge in [0.25, 0.3) is 0 Å². The summed E-state index contributed by atoms with van der Waals surface area (Å²) in [6.45, 7) is 6.48. The van der Waals surface area contributed by atoms with Crippen LogP contribution in [0.3, 0.4) is 0 Å². The minimum atomic E-state index is -0.143. The summed E-state index contributed by atoms with van der Waals surface area (Å²) in [5, 5.41) is 7.16. The van der Waals surface area contributed by atoms with Gasteiger partial charge >= 0.3 is 0 Å². The van der Waals surface area contributed by atoms with Crippen molar-refractivity contribution < 1.29 is 9.53 Å². The number of nitrogens with zero attached hydrogens (tertiary/aromatic N) is 3. The van der Waals surface area contributed by atoms with Gasteiger partial charge in [-0.05, 0) is 45.1 Å². The molecule has 2 aromatic rings. The molecule has 1 N–H and O–H groups in total. The zero-order valence-electron chi connectivity index (χ0n) is 16.4. The number of carbonyl (C=O) groups is 1. The average molecular weight is 370 g/mol. The molecule has 1 aromatic heterocycles. The second-order valence-electron chi connectivity index (χ2n) is 8.04. The van der Waals surface area contributed by atoms with Crippen LogP contribution < -0.4 is 5.32 Å². The lowest BCUT2D eigenvalue weighted by Gasteiger charge is -2.45. The second kappa shape index (κ2) is 8.65. The number of ether oxygens (including phenoxy) is 1. The summed E-state index contributed by atoms with van der Waals surface area (Å²) < 4.78 is 7.71. The lowest BCUT2D eigenvalue weighted by atomic mass is 9.67. The Balaban J connectivity index is 1.53. The van der Waals surface area contributed by atoms with Crippen molar-refractivity contribution in [2.24, 2.45) is 0 Å². The van der Waals surface area contributed by atoms with Crippen LogP contribution in [0.5, 0.6) is 0 Å². The molecule has 1 saturated heterocycles. The summed E-state index contributed by atoms with van der Waals surface area (Å²) >= 11 is 0. The predicted octanol–water partition coefficient (Wildman–Crippen LogP) is 3.09. The quantitative estimate of drug-likeness (QED) is 0.775. The van der Waals surface area contributed by atoms with E-state index < -0.39 is 0 Å². The van der Waals surface area contributed by atoms with E-state index >= 15 is 0 Å². The fourth-order valence-corrected chi connectivity index (χ4v) is 4.15. The third kappa shape index (κ3) is 5.39. The van der Waals surface area contributed by atoms with E-state index in [0.29, 0.717) is 19.5 Å². The van der Waals surface area contributed by atoms with Crippen molar-refractivity contribution in [3.63, 3.8) is 0 Å². The smallest absolute Gasteiger partial charge is 0.220 e. The molecule has 1 amide bonds. The minimum Gasteiger partial charge on any atom is -0.376 e. The molecule has 1 aromatic carbocycles. The van der Waals surface area contributed by atoms with E-state index in [4.69, 9.17) is 4.74 Å². The van der Waals surface area contributed by atoms with E-state index in [-0.39, 0.29) is 16.9 Å². The van der Waals surface area contributed by atoms with Gasteiger partial charge in [0.15, 0.2) is 0 Å². The molecule has 146 valence electrons. The van der Waals surface area contributed by atoms with Gasteiger partial charge in [-0.15, -0.1) is 0 Å². The molecule has 3 rings (SSSR count). The molecule has 0 aliphatic carbocycles. The first-order valence-corrected chi connectivity index (χ1v) is 9.78. The largest absolute Gasteiger partial charge is 0.376 e. The number of rotatable bonds is 8. The van der Waals surface area contributed by atoms with Crippen LogP contribution in [0.15, 0.2) is 43.0 Å². The fourth-order valence-electron chi connectivity index (χ4n) is 4.15. The van der Waals surface area contributed by atoms with Gasteiger partial charge in [-0.3, -0.25) is 9.48 Å². The number of aromatic nitrogens is 3. The molecule has 2 heterocycles. The lowest BCUT2D eigenvalue weighted by Crippen LogP contribution is -2.45. The van der Waals surface area contributed by atoms with E-state index in [1.807, 2.05) is 0 Å². The molecule has 1 aliphatic heterocycles. The third-order valence-corrected chi connectivity index (χ3v) is 5.41. The van der Waals surface area contributed by atoms with E-state index in [9.17, 15) is 4.79 Å². The Morgan fingerprint density at radius 2 is 2.11 bits per heavy atom. The number of hydrogen-bond donors (Lipinski definition) is 1. The number of nitrogens with one attached hydrogen (secondary N) is 1. The number of carbonyl (C=O) groups excluding carboxylic acids is 1. The fraction of sp³-hybridized carbons (Fsp3) is 0.571. The molecule has 1 atom stereocenters. The first-order chi connectivity index (χ1) is 13.0. The van der Waals surface area contributed by atoms with Crippen LogP contribution in [0.1, 0.15) is 51.5 Å². The Bertz CT molecular complexity index is 715. The highest BCUT2D eigenvalue weighted by molar-refractivity contribution is 5.75. The highest BCUT2D eigenvalue weighted by atomic mass is 16.5. The summed E-state index contributed by atoms with van der Waals surface area (Å²) in [5.74, 6) is 0.102. The Hall–Kier alpha value is -2.21. The van der Waals surface area contributed by atoms with Crippen LogP contribution in [0.25, 0.3) is 0 Å². The average Bonchev–Trinajstić information content (AvgIpc) is 3.15. The number of amides is 1. The summed E-state index contributed by atoms with van der Waals surface area (Å²) in [6, 6.07) is 10.7. The van der Waals surface area contributed by atoms with Crippen molar-refractivity contribution in [3.8, 4) is 0 Å². The van der Waals surface area contributed by atoms with Crippen molar-refractivity contribution in [1.29, 1.82) is 0 Å². The van der Waals surface area contributed by atoms with Gasteiger partial charge in [0, 0.05) is 31.5 Å². The Labute approximate surface area is 161 Å².